The zero-order valence-corrected chi connectivity index (χ0v) is 12.2. The van der Waals surface area contributed by atoms with E-state index >= 15 is 0 Å². The first-order valence-electron chi connectivity index (χ1n) is 8.12. The van der Waals surface area contributed by atoms with Gasteiger partial charge in [0.2, 0.25) is 5.91 Å². The fourth-order valence-corrected chi connectivity index (χ4v) is 3.67. The highest BCUT2D eigenvalue weighted by molar-refractivity contribution is 5.76. The lowest BCUT2D eigenvalue weighted by molar-refractivity contribution is -0.123. The Hall–Kier alpha value is -0.570. The molecule has 0 saturated heterocycles. The summed E-state index contributed by atoms with van der Waals surface area (Å²) in [6.07, 6.45) is 10.8. The first-order valence-corrected chi connectivity index (χ1v) is 8.12. The Bertz CT molecular complexity index is 278. The van der Waals surface area contributed by atoms with Crippen molar-refractivity contribution >= 4 is 5.91 Å². The summed E-state index contributed by atoms with van der Waals surface area (Å²) in [7, 11) is 0. The van der Waals surface area contributed by atoms with Crippen LogP contribution in [0.15, 0.2) is 0 Å². The van der Waals surface area contributed by atoms with Crippen LogP contribution in [0, 0.1) is 11.8 Å². The van der Waals surface area contributed by atoms with Gasteiger partial charge in [-0.25, -0.2) is 0 Å². The van der Waals surface area contributed by atoms with Crippen molar-refractivity contribution in [2.75, 3.05) is 0 Å². The highest BCUT2D eigenvalue weighted by atomic mass is 16.3. The molecule has 2 aliphatic rings. The monoisotopic (exact) mass is 267 g/mol. The lowest BCUT2D eigenvalue weighted by atomic mass is 9.79. The smallest absolute Gasteiger partial charge is 0.220 e. The molecule has 0 radical (unpaired) electrons. The molecule has 1 amide bonds. The Balaban J connectivity index is 1.68. The van der Waals surface area contributed by atoms with Gasteiger partial charge in [-0.2, -0.15) is 0 Å². The molecule has 0 heterocycles. The van der Waals surface area contributed by atoms with Crippen LogP contribution in [0.2, 0.25) is 0 Å². The number of aliphatic hydroxyl groups excluding tert-OH is 1. The van der Waals surface area contributed by atoms with Crippen LogP contribution in [-0.4, -0.2) is 23.2 Å². The number of amides is 1. The molecule has 2 N–H and O–H groups in total. The summed E-state index contributed by atoms with van der Waals surface area (Å²) < 4.78 is 0. The molecule has 0 spiro atoms. The Morgan fingerprint density at radius 3 is 2.37 bits per heavy atom. The molecule has 1 unspecified atom stereocenters. The average Bonchev–Trinajstić information content (AvgIpc) is 2.42. The second-order valence-corrected chi connectivity index (χ2v) is 6.65. The molecular formula is C16H29NO2. The lowest BCUT2D eigenvalue weighted by Crippen LogP contribution is -2.39. The molecule has 1 atom stereocenters. The van der Waals surface area contributed by atoms with Crippen molar-refractivity contribution in [3.8, 4) is 0 Å². The minimum Gasteiger partial charge on any atom is -0.393 e. The number of aliphatic hydroxyl groups is 1. The fraction of sp³-hybridized carbons (Fsp3) is 0.938. The van der Waals surface area contributed by atoms with E-state index in [1.807, 2.05) is 0 Å². The van der Waals surface area contributed by atoms with Crippen LogP contribution in [0.1, 0.15) is 71.1 Å². The number of hydrogen-bond donors (Lipinski definition) is 2. The van der Waals surface area contributed by atoms with Gasteiger partial charge in [0.05, 0.1) is 6.10 Å². The van der Waals surface area contributed by atoms with E-state index in [0.717, 1.165) is 31.6 Å². The van der Waals surface area contributed by atoms with Gasteiger partial charge in [0.15, 0.2) is 0 Å². The third-order valence-corrected chi connectivity index (χ3v) is 5.02. The number of hydrogen-bond acceptors (Lipinski definition) is 2. The highest BCUT2D eigenvalue weighted by Gasteiger charge is 2.24. The van der Waals surface area contributed by atoms with Gasteiger partial charge in [0.25, 0.3) is 0 Å². The zero-order valence-electron chi connectivity index (χ0n) is 12.2. The van der Waals surface area contributed by atoms with Crippen molar-refractivity contribution in [1.29, 1.82) is 0 Å². The van der Waals surface area contributed by atoms with Gasteiger partial charge >= 0.3 is 0 Å². The van der Waals surface area contributed by atoms with Gasteiger partial charge in [0, 0.05) is 12.5 Å². The highest BCUT2D eigenvalue weighted by Crippen LogP contribution is 2.31. The summed E-state index contributed by atoms with van der Waals surface area (Å²) in [6.45, 7) is 2.24. The van der Waals surface area contributed by atoms with E-state index < -0.39 is 0 Å². The molecule has 2 saturated carbocycles. The molecule has 0 bridgehead atoms. The van der Waals surface area contributed by atoms with Gasteiger partial charge in [-0.1, -0.05) is 39.0 Å². The van der Waals surface area contributed by atoms with Crippen LogP contribution in [0.4, 0.5) is 0 Å². The van der Waals surface area contributed by atoms with E-state index in [1.165, 1.54) is 32.1 Å². The van der Waals surface area contributed by atoms with Crippen LogP contribution in [0.5, 0.6) is 0 Å². The van der Waals surface area contributed by atoms with Gasteiger partial charge in [-0.15, -0.1) is 0 Å². The molecule has 2 aliphatic carbocycles. The average molecular weight is 267 g/mol. The summed E-state index contributed by atoms with van der Waals surface area (Å²) in [5.74, 6) is 1.50. The van der Waals surface area contributed by atoms with Crippen LogP contribution >= 0.6 is 0 Å². The Labute approximate surface area is 117 Å². The van der Waals surface area contributed by atoms with E-state index in [1.54, 1.807) is 0 Å². The fourth-order valence-electron chi connectivity index (χ4n) is 3.67. The number of rotatable bonds is 4. The van der Waals surface area contributed by atoms with Gasteiger partial charge in [0.1, 0.15) is 0 Å². The largest absolute Gasteiger partial charge is 0.393 e. The van der Waals surface area contributed by atoms with E-state index in [0.29, 0.717) is 18.4 Å². The molecule has 0 aromatic rings. The molecule has 0 aliphatic heterocycles. The van der Waals surface area contributed by atoms with E-state index in [2.05, 4.69) is 12.2 Å². The molecule has 2 rings (SSSR count). The molecule has 3 heteroatoms. The first-order chi connectivity index (χ1) is 9.15. The van der Waals surface area contributed by atoms with Crippen molar-refractivity contribution in [3.05, 3.63) is 0 Å². The number of nitrogens with one attached hydrogen (secondary N) is 1. The molecule has 0 aromatic carbocycles. The maximum atomic E-state index is 12.1. The Morgan fingerprint density at radius 1 is 1.11 bits per heavy atom. The van der Waals surface area contributed by atoms with Crippen molar-refractivity contribution in [1.82, 2.24) is 5.32 Å². The third kappa shape index (κ3) is 4.79. The van der Waals surface area contributed by atoms with Crippen molar-refractivity contribution < 1.29 is 9.90 Å². The van der Waals surface area contributed by atoms with E-state index in [9.17, 15) is 9.90 Å². The molecule has 3 nitrogen and oxygen atoms in total. The maximum absolute atomic E-state index is 12.1. The van der Waals surface area contributed by atoms with Crippen LogP contribution in [0.25, 0.3) is 0 Å². The quantitative estimate of drug-likeness (QED) is 0.822. The Morgan fingerprint density at radius 2 is 1.74 bits per heavy atom. The van der Waals surface area contributed by atoms with Crippen molar-refractivity contribution in [2.24, 2.45) is 11.8 Å². The summed E-state index contributed by atoms with van der Waals surface area (Å²) >= 11 is 0. The van der Waals surface area contributed by atoms with Crippen LogP contribution < -0.4 is 5.32 Å². The molecule has 0 aromatic heterocycles. The lowest BCUT2D eigenvalue weighted by Gasteiger charge is -2.29. The van der Waals surface area contributed by atoms with E-state index in [-0.39, 0.29) is 12.0 Å². The van der Waals surface area contributed by atoms with Crippen LogP contribution in [-0.2, 0) is 4.79 Å². The molecular weight excluding hydrogens is 238 g/mol. The van der Waals surface area contributed by atoms with Gasteiger partial charge in [-0.3, -0.25) is 4.79 Å². The predicted octanol–water partition coefficient (Wildman–Crippen LogP) is 3.01. The SMILES string of the molecule is CC(CC(=O)NC1CCC(O)CC1)C1CCCCC1. The zero-order chi connectivity index (χ0) is 13.7. The molecule has 19 heavy (non-hydrogen) atoms. The summed E-state index contributed by atoms with van der Waals surface area (Å²) in [5, 5.41) is 12.6. The summed E-state index contributed by atoms with van der Waals surface area (Å²) in [5.41, 5.74) is 0. The summed E-state index contributed by atoms with van der Waals surface area (Å²) in [6, 6.07) is 0.300. The Kier molecular flexibility index (Phi) is 5.68. The predicted molar refractivity (Wildman–Crippen MR) is 76.8 cm³/mol. The summed E-state index contributed by atoms with van der Waals surface area (Å²) in [4.78, 5) is 12.1. The maximum Gasteiger partial charge on any atom is 0.220 e. The minimum atomic E-state index is -0.144. The van der Waals surface area contributed by atoms with Gasteiger partial charge < -0.3 is 10.4 Å². The van der Waals surface area contributed by atoms with Crippen LogP contribution in [0.3, 0.4) is 0 Å². The van der Waals surface area contributed by atoms with Gasteiger partial charge in [-0.05, 0) is 37.5 Å². The minimum absolute atomic E-state index is 0.144. The second kappa shape index (κ2) is 7.28. The van der Waals surface area contributed by atoms with E-state index in [4.69, 9.17) is 0 Å². The topological polar surface area (TPSA) is 49.3 Å². The third-order valence-electron chi connectivity index (χ3n) is 5.02. The normalized spacial score (nSPS) is 30.8. The molecule has 2 fully saturated rings. The molecule has 110 valence electrons. The number of carbonyl (C=O) groups excluding carboxylic acids is 1. The first kappa shape index (κ1) is 14.8. The number of carbonyl (C=O) groups is 1. The van der Waals surface area contributed by atoms with Crippen molar-refractivity contribution in [3.63, 3.8) is 0 Å². The second-order valence-electron chi connectivity index (χ2n) is 6.65. The standard InChI is InChI=1S/C16H29NO2/c1-12(13-5-3-2-4-6-13)11-16(19)17-14-7-9-15(18)10-8-14/h12-15,18H,2-11H2,1H3,(H,17,19). The van der Waals surface area contributed by atoms with Crippen molar-refractivity contribution in [2.45, 2.75) is 83.3 Å².